The molecule has 17 heavy (non-hydrogen) atoms. The third-order valence-corrected chi connectivity index (χ3v) is 2.34. The summed E-state index contributed by atoms with van der Waals surface area (Å²) in [7, 11) is 1.76. The Labute approximate surface area is 102 Å². The smallest absolute Gasteiger partial charge is 0.248 e. The van der Waals surface area contributed by atoms with Gasteiger partial charge < -0.3 is 15.4 Å². The lowest BCUT2D eigenvalue weighted by atomic mass is 10.2. The van der Waals surface area contributed by atoms with E-state index >= 15 is 0 Å². The Balaban J connectivity index is 2.24. The summed E-state index contributed by atoms with van der Waals surface area (Å²) in [5, 5.41) is 0. The molecule has 1 aromatic rings. The van der Waals surface area contributed by atoms with Gasteiger partial charge in [0.2, 0.25) is 5.91 Å². The number of pyridine rings is 1. The maximum Gasteiger partial charge on any atom is 0.248 e. The van der Waals surface area contributed by atoms with Crippen LogP contribution in [0.5, 0.6) is 0 Å². The number of nitrogens with zero attached hydrogens (tertiary/aromatic N) is 2. The molecule has 1 rings (SSSR count). The van der Waals surface area contributed by atoms with E-state index in [0.717, 1.165) is 12.1 Å². The summed E-state index contributed by atoms with van der Waals surface area (Å²) in [6.45, 7) is 1.59. The van der Waals surface area contributed by atoms with Gasteiger partial charge in [0, 0.05) is 38.4 Å². The van der Waals surface area contributed by atoms with E-state index < -0.39 is 0 Å². The van der Waals surface area contributed by atoms with Crippen molar-refractivity contribution < 1.29 is 9.53 Å². The Hall–Kier alpha value is -1.46. The van der Waals surface area contributed by atoms with Crippen molar-refractivity contribution in [1.29, 1.82) is 0 Å². The van der Waals surface area contributed by atoms with Gasteiger partial charge in [-0.15, -0.1) is 0 Å². The molecule has 0 saturated carbocycles. The van der Waals surface area contributed by atoms with Crippen molar-refractivity contribution in [3.05, 3.63) is 30.1 Å². The molecule has 0 bridgehead atoms. The lowest BCUT2D eigenvalue weighted by molar-refractivity contribution is -0.134. The summed E-state index contributed by atoms with van der Waals surface area (Å²) in [6.07, 6.45) is 2.50. The number of likely N-dealkylation sites (N-methyl/N-ethyl adjacent to an activating group) is 1. The van der Waals surface area contributed by atoms with Gasteiger partial charge in [-0.2, -0.15) is 0 Å². The average Bonchev–Trinajstić information content (AvgIpc) is 2.37. The second-order valence-corrected chi connectivity index (χ2v) is 3.73. The molecule has 0 aliphatic heterocycles. The van der Waals surface area contributed by atoms with Gasteiger partial charge in [0.15, 0.2) is 0 Å². The molecular weight excluding hydrogens is 218 g/mol. The molecule has 0 aromatic carbocycles. The number of nitrogens with two attached hydrogens (primary N) is 1. The minimum atomic E-state index is -0.0330. The molecule has 1 aromatic heterocycles. The summed E-state index contributed by atoms with van der Waals surface area (Å²) < 4.78 is 5.09. The Morgan fingerprint density at radius 2 is 2.35 bits per heavy atom. The van der Waals surface area contributed by atoms with Gasteiger partial charge in [0.25, 0.3) is 0 Å². The normalized spacial score (nSPS) is 10.2. The van der Waals surface area contributed by atoms with Gasteiger partial charge in [-0.25, -0.2) is 0 Å². The molecule has 0 saturated heterocycles. The zero-order valence-corrected chi connectivity index (χ0v) is 10.1. The third kappa shape index (κ3) is 5.42. The first kappa shape index (κ1) is 13.6. The van der Waals surface area contributed by atoms with Crippen molar-refractivity contribution in [1.82, 2.24) is 9.88 Å². The fourth-order valence-electron chi connectivity index (χ4n) is 1.31. The van der Waals surface area contributed by atoms with Gasteiger partial charge in [-0.1, -0.05) is 6.07 Å². The predicted molar refractivity (Wildman–Crippen MR) is 65.5 cm³/mol. The van der Waals surface area contributed by atoms with Crippen molar-refractivity contribution in [2.24, 2.45) is 5.73 Å². The first-order chi connectivity index (χ1) is 8.24. The van der Waals surface area contributed by atoms with E-state index in [1.807, 2.05) is 18.2 Å². The van der Waals surface area contributed by atoms with Crippen LogP contribution in [-0.4, -0.2) is 49.1 Å². The zero-order valence-electron chi connectivity index (χ0n) is 10.1. The molecule has 94 valence electrons. The fourth-order valence-corrected chi connectivity index (χ4v) is 1.31. The monoisotopic (exact) mass is 237 g/mol. The number of hydrogen-bond donors (Lipinski definition) is 1. The first-order valence-electron chi connectivity index (χ1n) is 5.65. The molecule has 0 spiro atoms. The van der Waals surface area contributed by atoms with Crippen LogP contribution in [0.3, 0.4) is 0 Å². The number of hydrogen-bond acceptors (Lipinski definition) is 4. The number of carbonyl (C=O) groups excluding carboxylic acids is 1. The standard InChI is InChI=1S/C12H19N3O2/c1-15(12(16)10-17-9-6-13)8-5-11-4-2-3-7-14-11/h2-4,7H,5-6,8-10,13H2,1H3. The first-order valence-corrected chi connectivity index (χ1v) is 5.65. The number of amides is 1. The van der Waals surface area contributed by atoms with E-state index in [1.54, 1.807) is 18.1 Å². The third-order valence-electron chi connectivity index (χ3n) is 2.34. The van der Waals surface area contributed by atoms with E-state index in [4.69, 9.17) is 10.5 Å². The van der Waals surface area contributed by atoms with E-state index in [1.165, 1.54) is 0 Å². The maximum atomic E-state index is 11.6. The van der Waals surface area contributed by atoms with Gasteiger partial charge in [0.05, 0.1) is 6.61 Å². The van der Waals surface area contributed by atoms with Crippen molar-refractivity contribution in [3.8, 4) is 0 Å². The summed E-state index contributed by atoms with van der Waals surface area (Å²) in [4.78, 5) is 17.4. The van der Waals surface area contributed by atoms with Crippen LogP contribution >= 0.6 is 0 Å². The molecule has 0 radical (unpaired) electrons. The number of ether oxygens (including phenoxy) is 1. The second kappa shape index (κ2) is 7.76. The van der Waals surface area contributed by atoms with Crippen LogP contribution in [0.15, 0.2) is 24.4 Å². The minimum Gasteiger partial charge on any atom is -0.370 e. The van der Waals surface area contributed by atoms with Crippen LogP contribution in [-0.2, 0) is 16.0 Å². The van der Waals surface area contributed by atoms with Crippen molar-refractivity contribution in [3.63, 3.8) is 0 Å². The topological polar surface area (TPSA) is 68.5 Å². The SMILES string of the molecule is CN(CCc1ccccn1)C(=O)COCCN. The average molecular weight is 237 g/mol. The number of rotatable bonds is 7. The van der Waals surface area contributed by atoms with Gasteiger partial charge in [-0.3, -0.25) is 9.78 Å². The lowest BCUT2D eigenvalue weighted by Crippen LogP contribution is -2.32. The molecule has 0 unspecified atom stereocenters. The molecule has 0 fully saturated rings. The fraction of sp³-hybridized carbons (Fsp3) is 0.500. The van der Waals surface area contributed by atoms with Crippen LogP contribution in [0.4, 0.5) is 0 Å². The summed E-state index contributed by atoms with van der Waals surface area (Å²) in [5.41, 5.74) is 6.25. The summed E-state index contributed by atoms with van der Waals surface area (Å²) in [6, 6.07) is 5.76. The predicted octanol–water partition coefficient (Wildman–Crippen LogP) is 0.0578. The van der Waals surface area contributed by atoms with Gasteiger partial charge in [-0.05, 0) is 12.1 Å². The number of carbonyl (C=O) groups is 1. The van der Waals surface area contributed by atoms with E-state index in [-0.39, 0.29) is 12.5 Å². The Kier molecular flexibility index (Phi) is 6.21. The van der Waals surface area contributed by atoms with E-state index in [9.17, 15) is 4.79 Å². The minimum absolute atomic E-state index is 0.0330. The highest BCUT2D eigenvalue weighted by Crippen LogP contribution is 1.97. The molecule has 0 aliphatic carbocycles. The largest absolute Gasteiger partial charge is 0.370 e. The van der Waals surface area contributed by atoms with Crippen molar-refractivity contribution in [2.45, 2.75) is 6.42 Å². The molecular formula is C12H19N3O2. The highest BCUT2D eigenvalue weighted by Gasteiger charge is 2.08. The summed E-state index contributed by atoms with van der Waals surface area (Å²) in [5.74, 6) is -0.0330. The Bertz CT molecular complexity index is 330. The zero-order chi connectivity index (χ0) is 12.5. The quantitative estimate of drug-likeness (QED) is 0.681. The maximum absolute atomic E-state index is 11.6. The van der Waals surface area contributed by atoms with Gasteiger partial charge >= 0.3 is 0 Å². The highest BCUT2D eigenvalue weighted by atomic mass is 16.5. The molecule has 1 amide bonds. The molecule has 0 aliphatic rings. The molecule has 2 N–H and O–H groups in total. The van der Waals surface area contributed by atoms with Crippen LogP contribution < -0.4 is 5.73 Å². The van der Waals surface area contributed by atoms with Crippen molar-refractivity contribution in [2.75, 3.05) is 33.4 Å². The van der Waals surface area contributed by atoms with Crippen LogP contribution in [0.2, 0.25) is 0 Å². The Morgan fingerprint density at radius 3 is 3.00 bits per heavy atom. The molecule has 5 heteroatoms. The van der Waals surface area contributed by atoms with Crippen molar-refractivity contribution >= 4 is 5.91 Å². The second-order valence-electron chi connectivity index (χ2n) is 3.73. The Morgan fingerprint density at radius 1 is 1.53 bits per heavy atom. The van der Waals surface area contributed by atoms with E-state index in [2.05, 4.69) is 4.98 Å². The molecule has 1 heterocycles. The lowest BCUT2D eigenvalue weighted by Gasteiger charge is -2.16. The molecule has 0 atom stereocenters. The summed E-state index contributed by atoms with van der Waals surface area (Å²) >= 11 is 0. The highest BCUT2D eigenvalue weighted by molar-refractivity contribution is 5.77. The van der Waals surface area contributed by atoms with Crippen LogP contribution in [0.1, 0.15) is 5.69 Å². The molecule has 5 nitrogen and oxygen atoms in total. The van der Waals surface area contributed by atoms with E-state index in [0.29, 0.717) is 19.7 Å². The van der Waals surface area contributed by atoms with Crippen LogP contribution in [0.25, 0.3) is 0 Å². The van der Waals surface area contributed by atoms with Gasteiger partial charge in [0.1, 0.15) is 6.61 Å². The van der Waals surface area contributed by atoms with Crippen LogP contribution in [0, 0.1) is 0 Å². The number of aromatic nitrogens is 1.